The molecular weight excluding hydrogens is 374 g/mol. The van der Waals surface area contributed by atoms with Crippen molar-refractivity contribution < 1.29 is 23.9 Å². The summed E-state index contributed by atoms with van der Waals surface area (Å²) < 4.78 is 4.92. The van der Waals surface area contributed by atoms with Gasteiger partial charge < -0.3 is 15.4 Å². The lowest BCUT2D eigenvalue weighted by Gasteiger charge is -2.15. The van der Waals surface area contributed by atoms with E-state index < -0.39 is 30.1 Å². The van der Waals surface area contributed by atoms with Crippen LogP contribution < -0.4 is 10.6 Å². The minimum Gasteiger partial charge on any atom is -0.456 e. The summed E-state index contributed by atoms with van der Waals surface area (Å²) >= 11 is 5.88. The summed E-state index contributed by atoms with van der Waals surface area (Å²) in [5.74, 6) is -1.40. The van der Waals surface area contributed by atoms with Gasteiger partial charge in [0.1, 0.15) is 5.54 Å². The topological polar surface area (TPSA) is 105 Å². The highest BCUT2D eigenvalue weighted by atomic mass is 35.5. The number of urea groups is 1. The summed E-state index contributed by atoms with van der Waals surface area (Å²) in [6, 6.07) is 4.60. The Kier molecular flexibility index (Phi) is 6.43. The first-order chi connectivity index (χ1) is 12.6. The van der Waals surface area contributed by atoms with Gasteiger partial charge in [0.15, 0.2) is 6.61 Å². The molecule has 0 aromatic heterocycles. The van der Waals surface area contributed by atoms with E-state index in [2.05, 4.69) is 10.6 Å². The molecule has 1 aliphatic rings. The number of rotatable bonds is 7. The molecule has 8 nitrogen and oxygen atoms in total. The van der Waals surface area contributed by atoms with Crippen LogP contribution in [0.5, 0.6) is 0 Å². The molecule has 1 heterocycles. The molecule has 0 atom stereocenters. The van der Waals surface area contributed by atoms with E-state index in [0.717, 1.165) is 10.5 Å². The molecule has 0 radical (unpaired) electrons. The van der Waals surface area contributed by atoms with Crippen LogP contribution in [0.2, 0.25) is 5.02 Å². The Morgan fingerprint density at radius 3 is 2.63 bits per heavy atom. The van der Waals surface area contributed by atoms with Crippen molar-refractivity contribution in [1.29, 1.82) is 0 Å². The predicted molar refractivity (Wildman–Crippen MR) is 99.3 cm³/mol. The number of carbonyl (C=O) groups is 4. The first-order valence-corrected chi connectivity index (χ1v) is 8.83. The second-order valence-corrected chi connectivity index (χ2v) is 7.22. The highest BCUT2D eigenvalue weighted by Gasteiger charge is 2.43. The minimum atomic E-state index is -0.936. The van der Waals surface area contributed by atoms with E-state index in [1.165, 1.54) is 0 Å². The number of nitrogens with one attached hydrogen (secondary N) is 2. The number of halogens is 1. The summed E-state index contributed by atoms with van der Waals surface area (Å²) in [7, 11) is 0. The second kappa shape index (κ2) is 8.39. The fourth-order valence-corrected chi connectivity index (χ4v) is 2.71. The van der Waals surface area contributed by atoms with Crippen molar-refractivity contribution in [3.05, 3.63) is 28.8 Å². The third-order valence-corrected chi connectivity index (χ3v) is 4.28. The summed E-state index contributed by atoms with van der Waals surface area (Å²) in [4.78, 5) is 48.5. The van der Waals surface area contributed by atoms with Crippen LogP contribution in [0.1, 0.15) is 32.3 Å². The number of amides is 4. The predicted octanol–water partition coefficient (Wildman–Crippen LogP) is 2.24. The molecule has 0 aliphatic carbocycles. The molecule has 27 heavy (non-hydrogen) atoms. The highest BCUT2D eigenvalue weighted by Crippen LogP contribution is 2.20. The smallest absolute Gasteiger partial charge is 0.325 e. The molecule has 4 amide bonds. The molecule has 146 valence electrons. The zero-order valence-corrected chi connectivity index (χ0v) is 16.2. The van der Waals surface area contributed by atoms with Crippen molar-refractivity contribution in [2.45, 2.75) is 39.2 Å². The zero-order valence-electron chi connectivity index (χ0n) is 15.4. The largest absolute Gasteiger partial charge is 0.456 e. The van der Waals surface area contributed by atoms with Crippen LogP contribution >= 0.6 is 11.6 Å². The van der Waals surface area contributed by atoms with Gasteiger partial charge in [0.2, 0.25) is 0 Å². The highest BCUT2D eigenvalue weighted by molar-refractivity contribution is 6.31. The lowest BCUT2D eigenvalue weighted by Crippen LogP contribution is -2.40. The number of benzene rings is 1. The maximum Gasteiger partial charge on any atom is 0.325 e. The normalized spacial score (nSPS) is 15.5. The SMILES string of the molecule is Cc1ccc(Cl)cc1NC(=O)COC(=O)CCCN1C(=O)NC(C)(C)C1=O. The molecular formula is C18H22ClN3O5. The second-order valence-electron chi connectivity index (χ2n) is 6.78. The molecule has 0 saturated carbocycles. The summed E-state index contributed by atoms with van der Waals surface area (Å²) in [5, 5.41) is 5.67. The van der Waals surface area contributed by atoms with Crippen molar-refractivity contribution >= 4 is 41.1 Å². The van der Waals surface area contributed by atoms with Crippen LogP contribution in [-0.4, -0.2) is 47.4 Å². The molecule has 0 spiro atoms. The first kappa shape index (κ1) is 20.7. The Labute approximate surface area is 162 Å². The number of anilines is 1. The van der Waals surface area contributed by atoms with E-state index in [9.17, 15) is 19.2 Å². The third-order valence-electron chi connectivity index (χ3n) is 4.04. The third kappa shape index (κ3) is 5.43. The van der Waals surface area contributed by atoms with Crippen LogP contribution in [0.25, 0.3) is 0 Å². The maximum atomic E-state index is 12.0. The van der Waals surface area contributed by atoms with Crippen molar-refractivity contribution in [2.24, 2.45) is 0 Å². The van der Waals surface area contributed by atoms with E-state index in [4.69, 9.17) is 16.3 Å². The van der Waals surface area contributed by atoms with Gasteiger partial charge in [-0.2, -0.15) is 0 Å². The van der Waals surface area contributed by atoms with Crippen molar-refractivity contribution in [3.8, 4) is 0 Å². The quantitative estimate of drug-likeness (QED) is 0.544. The summed E-state index contributed by atoms with van der Waals surface area (Å²) in [6.45, 7) is 4.72. The molecule has 2 rings (SSSR count). The molecule has 0 unspecified atom stereocenters. The minimum absolute atomic E-state index is 0.0129. The number of nitrogens with zero attached hydrogens (tertiary/aromatic N) is 1. The monoisotopic (exact) mass is 395 g/mol. The standard InChI is InChI=1S/C18H22ClN3O5/c1-11-6-7-12(19)9-13(11)20-14(23)10-27-15(24)5-4-8-22-16(25)18(2,3)21-17(22)26/h6-7,9H,4-5,8,10H2,1-3H3,(H,20,23)(H,21,26). The average molecular weight is 396 g/mol. The van der Waals surface area contributed by atoms with Crippen LogP contribution in [0.15, 0.2) is 18.2 Å². The number of aryl methyl sites for hydroxylation is 1. The molecule has 1 aromatic carbocycles. The lowest BCUT2D eigenvalue weighted by molar-refractivity contribution is -0.147. The van der Waals surface area contributed by atoms with E-state index >= 15 is 0 Å². The molecule has 1 fully saturated rings. The summed E-state index contributed by atoms with van der Waals surface area (Å²) in [6.07, 6.45) is 0.240. The van der Waals surface area contributed by atoms with E-state index in [0.29, 0.717) is 10.7 Å². The van der Waals surface area contributed by atoms with Crippen molar-refractivity contribution in [3.63, 3.8) is 0 Å². The number of esters is 1. The van der Waals surface area contributed by atoms with Gasteiger partial charge in [-0.1, -0.05) is 17.7 Å². The average Bonchev–Trinajstić information content (AvgIpc) is 2.78. The van der Waals surface area contributed by atoms with Crippen LogP contribution in [0.3, 0.4) is 0 Å². The van der Waals surface area contributed by atoms with Crippen LogP contribution in [-0.2, 0) is 19.1 Å². The fourth-order valence-electron chi connectivity index (χ4n) is 2.54. The van der Waals surface area contributed by atoms with Gasteiger partial charge in [0.25, 0.3) is 11.8 Å². The van der Waals surface area contributed by atoms with E-state index in [-0.39, 0.29) is 25.3 Å². The maximum absolute atomic E-state index is 12.0. The lowest BCUT2D eigenvalue weighted by atomic mass is 10.1. The van der Waals surface area contributed by atoms with Crippen molar-refractivity contribution in [2.75, 3.05) is 18.5 Å². The molecule has 1 aromatic rings. The van der Waals surface area contributed by atoms with Crippen LogP contribution in [0.4, 0.5) is 10.5 Å². The van der Waals surface area contributed by atoms with Gasteiger partial charge in [-0.05, 0) is 44.9 Å². The Morgan fingerprint density at radius 2 is 2.00 bits per heavy atom. The number of hydrogen-bond donors (Lipinski definition) is 2. The molecule has 0 bridgehead atoms. The Bertz CT molecular complexity index is 778. The number of hydrogen-bond acceptors (Lipinski definition) is 5. The van der Waals surface area contributed by atoms with E-state index in [1.54, 1.807) is 32.0 Å². The molecule has 1 aliphatic heterocycles. The van der Waals surface area contributed by atoms with Gasteiger partial charge in [-0.25, -0.2) is 4.79 Å². The van der Waals surface area contributed by atoms with Gasteiger partial charge in [-0.15, -0.1) is 0 Å². The number of carbonyl (C=O) groups excluding carboxylic acids is 4. The van der Waals surface area contributed by atoms with Gasteiger partial charge in [0.05, 0.1) is 0 Å². The van der Waals surface area contributed by atoms with Gasteiger partial charge in [-0.3, -0.25) is 19.3 Å². The van der Waals surface area contributed by atoms with Gasteiger partial charge in [0, 0.05) is 23.7 Å². The molecule has 2 N–H and O–H groups in total. The zero-order chi connectivity index (χ0) is 20.2. The molecule has 9 heteroatoms. The number of ether oxygens (including phenoxy) is 1. The molecule has 1 saturated heterocycles. The van der Waals surface area contributed by atoms with Crippen molar-refractivity contribution in [1.82, 2.24) is 10.2 Å². The van der Waals surface area contributed by atoms with E-state index in [1.807, 2.05) is 6.92 Å². The Balaban J connectivity index is 1.72. The Hall–Kier alpha value is -2.61. The van der Waals surface area contributed by atoms with Gasteiger partial charge >= 0.3 is 12.0 Å². The fraction of sp³-hybridized carbons (Fsp3) is 0.444. The number of imide groups is 1. The van der Waals surface area contributed by atoms with Crippen LogP contribution in [0, 0.1) is 6.92 Å². The summed E-state index contributed by atoms with van der Waals surface area (Å²) in [5.41, 5.74) is 0.439. The Morgan fingerprint density at radius 1 is 1.30 bits per heavy atom. The first-order valence-electron chi connectivity index (χ1n) is 8.46.